The molecule has 3 aromatic rings. The van der Waals surface area contributed by atoms with Gasteiger partial charge in [-0.3, -0.25) is 9.78 Å². The number of thiocarbonyl (C=S) groups is 1. The zero-order valence-corrected chi connectivity index (χ0v) is 23.9. The molecule has 200 valence electrons. The number of carbonyl (C=O) groups excluding carboxylic acids is 1. The first-order chi connectivity index (χ1) is 18.3. The van der Waals surface area contributed by atoms with Crippen LogP contribution in [0.15, 0.2) is 48.7 Å². The van der Waals surface area contributed by atoms with Crippen molar-refractivity contribution in [3.8, 4) is 0 Å². The van der Waals surface area contributed by atoms with E-state index in [1.54, 1.807) is 0 Å². The Hall–Kier alpha value is -3.19. The Kier molecular flexibility index (Phi) is 7.57. The minimum atomic E-state index is -0.0790. The number of hydrogen-bond donors (Lipinski definition) is 2. The van der Waals surface area contributed by atoms with Crippen molar-refractivity contribution < 1.29 is 4.79 Å². The highest BCUT2D eigenvalue weighted by molar-refractivity contribution is 7.80. The quantitative estimate of drug-likeness (QED) is 0.334. The van der Waals surface area contributed by atoms with Crippen LogP contribution in [0.5, 0.6) is 0 Å². The van der Waals surface area contributed by atoms with Crippen LogP contribution < -0.4 is 15.5 Å². The SMILES string of the molecule is Cc1cc(N2C(=S)N[C@H](c3ccccn3)[C@H]2c2cc(C)n(C3CCCCC3)c2C)ccc1NC(=O)C(C)C. The third kappa shape index (κ3) is 4.96. The van der Waals surface area contributed by atoms with Crippen LogP contribution in [0.3, 0.4) is 0 Å². The van der Waals surface area contributed by atoms with E-state index in [1.807, 2.05) is 45.2 Å². The van der Waals surface area contributed by atoms with Gasteiger partial charge in [-0.1, -0.05) is 39.2 Å². The number of aromatic nitrogens is 2. The Morgan fingerprint density at radius 2 is 1.84 bits per heavy atom. The van der Waals surface area contributed by atoms with E-state index in [1.165, 1.54) is 49.1 Å². The lowest BCUT2D eigenvalue weighted by Gasteiger charge is -2.30. The maximum Gasteiger partial charge on any atom is 0.226 e. The molecule has 6 nitrogen and oxygen atoms in total. The number of pyridine rings is 1. The summed E-state index contributed by atoms with van der Waals surface area (Å²) in [6.45, 7) is 10.3. The van der Waals surface area contributed by atoms with Gasteiger partial charge in [-0.2, -0.15) is 0 Å². The van der Waals surface area contributed by atoms with Gasteiger partial charge in [0.15, 0.2) is 5.11 Å². The molecule has 7 heteroatoms. The molecule has 2 aromatic heterocycles. The highest BCUT2D eigenvalue weighted by Gasteiger charge is 2.42. The third-order valence-corrected chi connectivity index (χ3v) is 8.47. The van der Waals surface area contributed by atoms with Gasteiger partial charge < -0.3 is 20.1 Å². The Morgan fingerprint density at radius 3 is 2.50 bits per heavy atom. The van der Waals surface area contributed by atoms with E-state index in [0.29, 0.717) is 11.2 Å². The van der Waals surface area contributed by atoms with Gasteiger partial charge in [-0.05, 0) is 93.4 Å². The molecule has 5 rings (SSSR count). The van der Waals surface area contributed by atoms with Gasteiger partial charge in [0.2, 0.25) is 5.91 Å². The van der Waals surface area contributed by atoms with Crippen molar-refractivity contribution in [2.75, 3.05) is 10.2 Å². The normalized spacial score (nSPS) is 20.2. The second kappa shape index (κ2) is 10.9. The molecule has 2 N–H and O–H groups in total. The lowest BCUT2D eigenvalue weighted by atomic mass is 9.94. The van der Waals surface area contributed by atoms with Crippen molar-refractivity contribution in [2.45, 2.75) is 84.8 Å². The smallest absolute Gasteiger partial charge is 0.226 e. The summed E-state index contributed by atoms with van der Waals surface area (Å²) in [6.07, 6.45) is 8.27. The average molecular weight is 530 g/mol. The largest absolute Gasteiger partial charge is 0.351 e. The molecule has 1 saturated heterocycles. The first-order valence-electron chi connectivity index (χ1n) is 13.9. The van der Waals surface area contributed by atoms with Gasteiger partial charge in [-0.25, -0.2) is 0 Å². The zero-order valence-electron chi connectivity index (χ0n) is 23.1. The molecule has 1 aromatic carbocycles. The molecule has 2 aliphatic rings. The lowest BCUT2D eigenvalue weighted by molar-refractivity contribution is -0.118. The zero-order chi connectivity index (χ0) is 27.0. The molecule has 1 amide bonds. The van der Waals surface area contributed by atoms with Crippen LogP contribution in [0.1, 0.15) is 92.3 Å². The molecule has 0 bridgehead atoms. The number of carbonyl (C=O) groups is 1. The van der Waals surface area contributed by atoms with Gasteiger partial charge in [-0.15, -0.1) is 0 Å². The highest BCUT2D eigenvalue weighted by atomic mass is 32.1. The van der Waals surface area contributed by atoms with Crippen molar-refractivity contribution in [2.24, 2.45) is 5.92 Å². The van der Waals surface area contributed by atoms with Crippen molar-refractivity contribution in [3.63, 3.8) is 0 Å². The van der Waals surface area contributed by atoms with Crippen LogP contribution in [-0.4, -0.2) is 20.6 Å². The molecule has 2 fully saturated rings. The maximum absolute atomic E-state index is 12.3. The summed E-state index contributed by atoms with van der Waals surface area (Å²) in [5.74, 6) is -0.0604. The van der Waals surface area contributed by atoms with E-state index in [-0.39, 0.29) is 23.9 Å². The van der Waals surface area contributed by atoms with Gasteiger partial charge in [0.25, 0.3) is 0 Å². The number of benzene rings is 1. The number of nitrogens with one attached hydrogen (secondary N) is 2. The average Bonchev–Trinajstić information content (AvgIpc) is 3.41. The number of amides is 1. The summed E-state index contributed by atoms with van der Waals surface area (Å²) in [5.41, 5.74) is 7.73. The lowest BCUT2D eigenvalue weighted by Crippen LogP contribution is -2.30. The second-order valence-corrected chi connectivity index (χ2v) is 11.5. The van der Waals surface area contributed by atoms with E-state index in [9.17, 15) is 4.79 Å². The fourth-order valence-corrected chi connectivity index (χ4v) is 6.51. The van der Waals surface area contributed by atoms with E-state index < -0.39 is 0 Å². The van der Waals surface area contributed by atoms with Crippen LogP contribution in [0.25, 0.3) is 0 Å². The van der Waals surface area contributed by atoms with Crippen LogP contribution in [0.2, 0.25) is 0 Å². The Labute approximate surface area is 231 Å². The van der Waals surface area contributed by atoms with Crippen LogP contribution in [-0.2, 0) is 4.79 Å². The molecule has 2 atom stereocenters. The van der Waals surface area contributed by atoms with Crippen molar-refractivity contribution >= 4 is 34.6 Å². The van der Waals surface area contributed by atoms with Crippen molar-refractivity contribution in [1.82, 2.24) is 14.9 Å². The molecular weight excluding hydrogens is 490 g/mol. The molecule has 0 unspecified atom stereocenters. The van der Waals surface area contributed by atoms with E-state index in [2.05, 4.69) is 58.2 Å². The fraction of sp³-hybridized carbons (Fsp3) is 0.452. The summed E-state index contributed by atoms with van der Waals surface area (Å²) in [4.78, 5) is 19.3. The molecule has 3 heterocycles. The third-order valence-electron chi connectivity index (χ3n) is 8.15. The maximum atomic E-state index is 12.3. The first kappa shape index (κ1) is 26.4. The minimum Gasteiger partial charge on any atom is -0.351 e. The number of rotatable bonds is 6. The van der Waals surface area contributed by atoms with Crippen molar-refractivity contribution in [1.29, 1.82) is 0 Å². The predicted molar refractivity (Wildman–Crippen MR) is 159 cm³/mol. The molecular formula is C31H39N5OS. The standard InChI is InChI=1S/C31H39N5OS/c1-19(2)30(37)33-26-15-14-24(17-20(26)3)36-29(28(34-31(36)38)27-13-9-10-16-32-27)25-18-21(4)35(22(25)5)23-11-7-6-8-12-23/h9-10,13-19,23,28-29H,6-8,11-12H2,1-5H3,(H,33,37)(H,34,38)/t28-,29-/m1/s1. The number of aryl methyl sites for hydroxylation is 2. The van der Waals surface area contributed by atoms with E-state index in [0.717, 1.165) is 22.6 Å². The summed E-state index contributed by atoms with van der Waals surface area (Å²) in [6, 6.07) is 15.0. The summed E-state index contributed by atoms with van der Waals surface area (Å²) in [5, 5.41) is 7.34. The van der Waals surface area contributed by atoms with Gasteiger partial charge in [0, 0.05) is 40.9 Å². The molecule has 1 aliphatic heterocycles. The molecule has 1 saturated carbocycles. The second-order valence-electron chi connectivity index (χ2n) is 11.1. The fourth-order valence-electron chi connectivity index (χ4n) is 6.17. The van der Waals surface area contributed by atoms with Crippen LogP contribution in [0, 0.1) is 26.7 Å². The van der Waals surface area contributed by atoms with Crippen LogP contribution in [0.4, 0.5) is 11.4 Å². The summed E-state index contributed by atoms with van der Waals surface area (Å²) < 4.78 is 2.57. The summed E-state index contributed by atoms with van der Waals surface area (Å²) >= 11 is 5.98. The van der Waals surface area contributed by atoms with E-state index >= 15 is 0 Å². The molecule has 0 spiro atoms. The molecule has 1 aliphatic carbocycles. The Morgan fingerprint density at radius 1 is 1.08 bits per heavy atom. The topological polar surface area (TPSA) is 62.2 Å². The monoisotopic (exact) mass is 529 g/mol. The highest BCUT2D eigenvalue weighted by Crippen LogP contribution is 2.45. The summed E-state index contributed by atoms with van der Waals surface area (Å²) in [7, 11) is 0. The van der Waals surface area contributed by atoms with Gasteiger partial charge in [0.1, 0.15) is 0 Å². The molecule has 38 heavy (non-hydrogen) atoms. The predicted octanol–water partition coefficient (Wildman–Crippen LogP) is 7.09. The number of hydrogen-bond acceptors (Lipinski definition) is 3. The first-order valence-corrected chi connectivity index (χ1v) is 14.3. The van der Waals surface area contributed by atoms with Gasteiger partial charge in [0.05, 0.1) is 17.8 Å². The number of nitrogens with zero attached hydrogens (tertiary/aromatic N) is 3. The minimum absolute atomic E-state index is 0.0162. The van der Waals surface area contributed by atoms with E-state index in [4.69, 9.17) is 17.2 Å². The Bertz CT molecular complexity index is 1330. The Balaban J connectivity index is 1.58. The van der Waals surface area contributed by atoms with Crippen molar-refractivity contribution in [3.05, 3.63) is 76.9 Å². The number of anilines is 2. The van der Waals surface area contributed by atoms with Crippen LogP contribution >= 0.6 is 12.2 Å². The van der Waals surface area contributed by atoms with Gasteiger partial charge >= 0.3 is 0 Å². The molecule has 0 radical (unpaired) electrons.